The van der Waals surface area contributed by atoms with Gasteiger partial charge in [-0.15, -0.1) is 0 Å². The summed E-state index contributed by atoms with van der Waals surface area (Å²) in [5.41, 5.74) is 1.13. The summed E-state index contributed by atoms with van der Waals surface area (Å²) in [5.74, 6) is 0.501. The third kappa shape index (κ3) is 2.58. The number of aliphatic hydroxyl groups is 1. The quantitative estimate of drug-likeness (QED) is 0.938. The molecule has 0 amide bonds. The van der Waals surface area contributed by atoms with E-state index in [9.17, 15) is 5.11 Å². The van der Waals surface area contributed by atoms with Gasteiger partial charge in [-0.3, -0.25) is 4.98 Å². The number of hydrogen-bond acceptors (Lipinski definition) is 3. The molecule has 1 N–H and O–H groups in total. The van der Waals surface area contributed by atoms with Crippen molar-refractivity contribution < 1.29 is 9.84 Å². The number of halogens is 2. The zero-order valence-corrected chi connectivity index (χ0v) is 11.1. The highest BCUT2D eigenvalue weighted by molar-refractivity contribution is 6.33. The van der Waals surface area contributed by atoms with Crippen LogP contribution in [0.4, 0.5) is 0 Å². The van der Waals surface area contributed by atoms with Crippen LogP contribution in [0.1, 0.15) is 17.2 Å². The SMILES string of the molecule is COc1cnccc1C(O)c1cc(Cl)ccc1Cl. The summed E-state index contributed by atoms with van der Waals surface area (Å²) in [6.07, 6.45) is 2.21. The van der Waals surface area contributed by atoms with Gasteiger partial charge in [0.05, 0.1) is 13.3 Å². The van der Waals surface area contributed by atoms with Gasteiger partial charge in [0.25, 0.3) is 0 Å². The molecular weight excluding hydrogens is 273 g/mol. The van der Waals surface area contributed by atoms with Gasteiger partial charge in [0.2, 0.25) is 0 Å². The first-order valence-electron chi connectivity index (χ1n) is 5.24. The van der Waals surface area contributed by atoms with Gasteiger partial charge >= 0.3 is 0 Å². The van der Waals surface area contributed by atoms with E-state index < -0.39 is 6.10 Å². The second-order valence-corrected chi connectivity index (χ2v) is 4.53. The molecule has 3 nitrogen and oxygen atoms in total. The Morgan fingerprint density at radius 3 is 2.72 bits per heavy atom. The number of pyridine rings is 1. The number of ether oxygens (including phenoxy) is 1. The van der Waals surface area contributed by atoms with Crippen molar-refractivity contribution in [3.05, 3.63) is 57.8 Å². The molecule has 0 radical (unpaired) electrons. The molecule has 0 aliphatic heterocycles. The van der Waals surface area contributed by atoms with Gasteiger partial charge in [0.15, 0.2) is 0 Å². The highest BCUT2D eigenvalue weighted by Gasteiger charge is 2.18. The molecule has 2 rings (SSSR count). The number of methoxy groups -OCH3 is 1. The fourth-order valence-corrected chi connectivity index (χ4v) is 2.08. The third-order valence-electron chi connectivity index (χ3n) is 2.58. The van der Waals surface area contributed by atoms with Crippen molar-refractivity contribution in [3.8, 4) is 5.75 Å². The number of hydrogen-bond donors (Lipinski definition) is 1. The van der Waals surface area contributed by atoms with E-state index in [2.05, 4.69) is 4.98 Å². The maximum absolute atomic E-state index is 10.4. The van der Waals surface area contributed by atoms with Crippen molar-refractivity contribution in [1.29, 1.82) is 0 Å². The fraction of sp³-hybridized carbons (Fsp3) is 0.154. The Hall–Kier alpha value is -1.29. The van der Waals surface area contributed by atoms with Crippen molar-refractivity contribution in [2.24, 2.45) is 0 Å². The molecule has 0 bridgehead atoms. The van der Waals surface area contributed by atoms with Crippen LogP contribution in [0, 0.1) is 0 Å². The second kappa shape index (κ2) is 5.57. The largest absolute Gasteiger partial charge is 0.495 e. The average Bonchev–Trinajstić information content (AvgIpc) is 2.40. The number of benzene rings is 1. The van der Waals surface area contributed by atoms with Gasteiger partial charge in [0, 0.05) is 27.4 Å². The van der Waals surface area contributed by atoms with Crippen molar-refractivity contribution in [2.75, 3.05) is 7.11 Å². The van der Waals surface area contributed by atoms with E-state index >= 15 is 0 Å². The van der Waals surface area contributed by atoms with Crippen molar-refractivity contribution in [3.63, 3.8) is 0 Å². The predicted octanol–water partition coefficient (Wildman–Crippen LogP) is 3.48. The molecule has 0 fully saturated rings. The molecular formula is C13H11Cl2NO2. The van der Waals surface area contributed by atoms with Crippen LogP contribution in [0.15, 0.2) is 36.7 Å². The molecule has 5 heteroatoms. The van der Waals surface area contributed by atoms with Gasteiger partial charge in [-0.05, 0) is 24.3 Å². The lowest BCUT2D eigenvalue weighted by Crippen LogP contribution is -2.03. The summed E-state index contributed by atoms with van der Waals surface area (Å²) in [6.45, 7) is 0. The Labute approximate surface area is 115 Å². The zero-order chi connectivity index (χ0) is 13.1. The smallest absolute Gasteiger partial charge is 0.143 e. The second-order valence-electron chi connectivity index (χ2n) is 3.69. The summed E-state index contributed by atoms with van der Waals surface area (Å²) in [4.78, 5) is 3.94. The van der Waals surface area contributed by atoms with Crippen LogP contribution in [-0.4, -0.2) is 17.2 Å². The first kappa shape index (κ1) is 13.1. The van der Waals surface area contributed by atoms with Crippen molar-refractivity contribution in [1.82, 2.24) is 4.98 Å². The Bertz CT molecular complexity index is 560. The molecule has 0 aliphatic carbocycles. The lowest BCUT2D eigenvalue weighted by atomic mass is 10.0. The van der Waals surface area contributed by atoms with Crippen LogP contribution in [0.5, 0.6) is 5.75 Å². The Morgan fingerprint density at radius 2 is 2.00 bits per heavy atom. The maximum Gasteiger partial charge on any atom is 0.143 e. The lowest BCUT2D eigenvalue weighted by Gasteiger charge is -2.16. The minimum atomic E-state index is -0.908. The summed E-state index contributed by atoms with van der Waals surface area (Å²) in [6, 6.07) is 6.63. The fourth-order valence-electron chi connectivity index (χ4n) is 1.68. The van der Waals surface area contributed by atoms with Crippen LogP contribution in [0.2, 0.25) is 10.0 Å². The molecule has 1 heterocycles. The Morgan fingerprint density at radius 1 is 1.22 bits per heavy atom. The predicted molar refractivity (Wildman–Crippen MR) is 71.3 cm³/mol. The molecule has 2 aromatic rings. The number of nitrogens with zero attached hydrogens (tertiary/aromatic N) is 1. The molecule has 18 heavy (non-hydrogen) atoms. The molecule has 0 saturated heterocycles. The average molecular weight is 284 g/mol. The number of rotatable bonds is 3. The number of aromatic nitrogens is 1. The molecule has 0 saturated carbocycles. The molecule has 1 aromatic heterocycles. The summed E-state index contributed by atoms with van der Waals surface area (Å²) < 4.78 is 5.16. The zero-order valence-electron chi connectivity index (χ0n) is 9.60. The van der Waals surface area contributed by atoms with Gasteiger partial charge in [-0.2, -0.15) is 0 Å². The lowest BCUT2D eigenvalue weighted by molar-refractivity contribution is 0.214. The van der Waals surface area contributed by atoms with E-state index in [4.69, 9.17) is 27.9 Å². The molecule has 94 valence electrons. The minimum Gasteiger partial charge on any atom is -0.495 e. The third-order valence-corrected chi connectivity index (χ3v) is 3.16. The van der Waals surface area contributed by atoms with Crippen LogP contribution in [0.25, 0.3) is 0 Å². The van der Waals surface area contributed by atoms with E-state index in [1.54, 1.807) is 30.5 Å². The molecule has 0 spiro atoms. The van der Waals surface area contributed by atoms with Crippen LogP contribution < -0.4 is 4.74 Å². The van der Waals surface area contributed by atoms with Crippen molar-refractivity contribution >= 4 is 23.2 Å². The molecule has 1 atom stereocenters. The first-order valence-corrected chi connectivity index (χ1v) is 6.00. The summed E-state index contributed by atoms with van der Waals surface area (Å²) >= 11 is 12.0. The molecule has 0 aliphatic rings. The summed E-state index contributed by atoms with van der Waals surface area (Å²) in [7, 11) is 1.52. The molecule has 1 aromatic carbocycles. The summed E-state index contributed by atoms with van der Waals surface area (Å²) in [5, 5.41) is 11.3. The van der Waals surface area contributed by atoms with E-state index in [1.807, 2.05) is 0 Å². The monoisotopic (exact) mass is 283 g/mol. The van der Waals surface area contributed by atoms with Crippen molar-refractivity contribution in [2.45, 2.75) is 6.10 Å². The topological polar surface area (TPSA) is 42.4 Å². The highest BCUT2D eigenvalue weighted by Crippen LogP contribution is 2.34. The van der Waals surface area contributed by atoms with Gasteiger partial charge in [0.1, 0.15) is 11.9 Å². The number of aliphatic hydroxyl groups excluding tert-OH is 1. The van der Waals surface area contributed by atoms with Crippen LogP contribution >= 0.6 is 23.2 Å². The Kier molecular flexibility index (Phi) is 4.07. The van der Waals surface area contributed by atoms with E-state index in [0.717, 1.165) is 0 Å². The minimum absolute atomic E-state index is 0.450. The first-order chi connectivity index (χ1) is 8.63. The van der Waals surface area contributed by atoms with E-state index in [-0.39, 0.29) is 0 Å². The standard InChI is InChI=1S/C13H11Cl2NO2/c1-18-12-7-16-5-4-9(12)13(17)10-6-8(14)2-3-11(10)15/h2-7,13,17H,1H3. The van der Waals surface area contributed by atoms with E-state index in [1.165, 1.54) is 13.3 Å². The maximum atomic E-state index is 10.4. The highest BCUT2D eigenvalue weighted by atomic mass is 35.5. The Balaban J connectivity index is 2.47. The normalized spacial score (nSPS) is 12.2. The molecule has 1 unspecified atom stereocenters. The van der Waals surface area contributed by atoms with E-state index in [0.29, 0.717) is 26.9 Å². The van der Waals surface area contributed by atoms with Gasteiger partial charge in [-0.1, -0.05) is 23.2 Å². The van der Waals surface area contributed by atoms with Crippen LogP contribution in [-0.2, 0) is 0 Å². The van der Waals surface area contributed by atoms with Gasteiger partial charge < -0.3 is 9.84 Å². The van der Waals surface area contributed by atoms with Crippen LogP contribution in [0.3, 0.4) is 0 Å². The van der Waals surface area contributed by atoms with Gasteiger partial charge in [-0.25, -0.2) is 0 Å².